The molecule has 3 rings (SSSR count). The summed E-state index contributed by atoms with van der Waals surface area (Å²) in [4.78, 5) is 24.3. The van der Waals surface area contributed by atoms with Crippen molar-refractivity contribution >= 4 is 11.6 Å². The second-order valence-corrected chi connectivity index (χ2v) is 4.10. The third-order valence-electron chi connectivity index (χ3n) is 3.20. The Morgan fingerprint density at radius 2 is 1.19 bits per heavy atom. The van der Waals surface area contributed by atoms with Crippen molar-refractivity contribution in [2.75, 3.05) is 0 Å². The number of ketones is 2. The molecule has 1 aromatic carbocycles. The van der Waals surface area contributed by atoms with Crippen LogP contribution in [0.25, 0.3) is 0 Å². The maximum atomic E-state index is 12.2. The Balaban J connectivity index is 2.21. The number of carbonyl (C=O) groups excluding carboxylic acids is 2. The average Bonchev–Trinajstić information content (AvgIpc) is 2.36. The molecule has 2 atom stereocenters. The Morgan fingerprint density at radius 3 is 1.62 bits per heavy atom. The van der Waals surface area contributed by atoms with Gasteiger partial charge >= 0.3 is 0 Å². The fraction of sp³-hybridized carbons (Fsp3) is 0.143. The smallest absolute Gasteiger partial charge is 0.171 e. The van der Waals surface area contributed by atoms with Crippen LogP contribution in [-0.4, -0.2) is 11.6 Å². The molecule has 2 nitrogen and oxygen atoms in total. The lowest BCUT2D eigenvalue weighted by Gasteiger charge is -2.28. The van der Waals surface area contributed by atoms with Gasteiger partial charge in [-0.3, -0.25) is 9.59 Å². The Labute approximate surface area is 93.3 Å². The van der Waals surface area contributed by atoms with Crippen molar-refractivity contribution in [3.63, 3.8) is 0 Å². The first-order valence-corrected chi connectivity index (χ1v) is 5.31. The zero-order valence-corrected chi connectivity index (χ0v) is 8.59. The minimum absolute atomic E-state index is 0.0563. The number of rotatable bonds is 0. The van der Waals surface area contributed by atoms with Gasteiger partial charge in [-0.05, 0) is 0 Å². The molecule has 0 spiro atoms. The molecule has 0 N–H and O–H groups in total. The van der Waals surface area contributed by atoms with Crippen LogP contribution >= 0.6 is 0 Å². The van der Waals surface area contributed by atoms with E-state index in [-0.39, 0.29) is 23.4 Å². The van der Waals surface area contributed by atoms with Crippen molar-refractivity contribution in [3.8, 4) is 0 Å². The third kappa shape index (κ3) is 1.13. The maximum Gasteiger partial charge on any atom is 0.171 e. The van der Waals surface area contributed by atoms with E-state index in [1.807, 2.05) is 24.3 Å². The molecule has 78 valence electrons. The highest BCUT2D eigenvalue weighted by Crippen LogP contribution is 2.33. The summed E-state index contributed by atoms with van der Waals surface area (Å²) >= 11 is 0. The quantitative estimate of drug-likeness (QED) is 0.659. The summed E-state index contributed by atoms with van der Waals surface area (Å²) in [6, 6.07) is 7.06. The minimum atomic E-state index is -0.299. The highest BCUT2D eigenvalue weighted by atomic mass is 16.1. The zero-order chi connectivity index (χ0) is 11.1. The van der Waals surface area contributed by atoms with Crippen LogP contribution < -0.4 is 0 Å². The van der Waals surface area contributed by atoms with Crippen LogP contribution in [-0.2, 0) is 0 Å². The van der Waals surface area contributed by atoms with Crippen LogP contribution in [0.2, 0.25) is 0 Å². The van der Waals surface area contributed by atoms with Crippen LogP contribution in [0.15, 0.2) is 48.6 Å². The zero-order valence-electron chi connectivity index (χ0n) is 8.59. The number of fused-ring (bicyclic) bond motifs is 2. The van der Waals surface area contributed by atoms with E-state index in [4.69, 9.17) is 0 Å². The summed E-state index contributed by atoms with van der Waals surface area (Å²) in [5.74, 6) is -0.485. The molecule has 1 aromatic rings. The van der Waals surface area contributed by atoms with Gasteiger partial charge in [0.05, 0.1) is 11.8 Å². The predicted molar refractivity (Wildman–Crippen MR) is 60.4 cm³/mol. The molecule has 2 aliphatic rings. The Bertz CT molecular complexity index is 488. The van der Waals surface area contributed by atoms with Crippen LogP contribution in [0, 0.1) is 11.8 Å². The van der Waals surface area contributed by atoms with Gasteiger partial charge < -0.3 is 0 Å². The topological polar surface area (TPSA) is 34.1 Å². The molecule has 0 unspecified atom stereocenters. The maximum absolute atomic E-state index is 12.2. The predicted octanol–water partition coefficient (Wildman–Crippen LogP) is 2.42. The van der Waals surface area contributed by atoms with Gasteiger partial charge in [-0.15, -0.1) is 0 Å². The first-order valence-electron chi connectivity index (χ1n) is 5.31. The van der Waals surface area contributed by atoms with E-state index in [0.29, 0.717) is 11.1 Å². The number of benzene rings is 1. The molecule has 0 fully saturated rings. The molecule has 16 heavy (non-hydrogen) atoms. The Morgan fingerprint density at radius 1 is 0.750 bits per heavy atom. The van der Waals surface area contributed by atoms with Crippen molar-refractivity contribution in [1.29, 1.82) is 0 Å². The van der Waals surface area contributed by atoms with E-state index in [1.54, 1.807) is 24.3 Å². The van der Waals surface area contributed by atoms with Crippen LogP contribution in [0.3, 0.4) is 0 Å². The molecular formula is C14H10O2. The number of allylic oxidation sites excluding steroid dienone is 4. The molecule has 0 radical (unpaired) electrons. The Kier molecular flexibility index (Phi) is 1.90. The molecule has 0 saturated heterocycles. The van der Waals surface area contributed by atoms with Crippen molar-refractivity contribution in [2.45, 2.75) is 0 Å². The summed E-state index contributed by atoms with van der Waals surface area (Å²) < 4.78 is 0. The van der Waals surface area contributed by atoms with E-state index in [9.17, 15) is 9.59 Å². The highest BCUT2D eigenvalue weighted by Gasteiger charge is 2.38. The molecule has 0 heterocycles. The molecule has 0 aromatic heterocycles. The van der Waals surface area contributed by atoms with E-state index in [1.165, 1.54) is 0 Å². The van der Waals surface area contributed by atoms with Gasteiger partial charge in [0.2, 0.25) is 0 Å². The van der Waals surface area contributed by atoms with Crippen molar-refractivity contribution < 1.29 is 9.59 Å². The molecule has 2 heteroatoms. The summed E-state index contributed by atoms with van der Waals surface area (Å²) in [5, 5.41) is 0. The molecular weight excluding hydrogens is 200 g/mol. The standard InChI is InChI=1S/C14H10O2/c15-13-9-5-1-2-6-10(9)14(16)12-8-4-3-7-11(12)13/h1-10H/t9-,10+. The van der Waals surface area contributed by atoms with E-state index < -0.39 is 0 Å². The summed E-state index contributed by atoms with van der Waals surface area (Å²) in [7, 11) is 0. The van der Waals surface area contributed by atoms with E-state index in [0.717, 1.165) is 0 Å². The van der Waals surface area contributed by atoms with Gasteiger partial charge in [-0.2, -0.15) is 0 Å². The fourth-order valence-electron chi connectivity index (χ4n) is 2.38. The van der Waals surface area contributed by atoms with Gasteiger partial charge in [0.25, 0.3) is 0 Å². The van der Waals surface area contributed by atoms with Crippen LogP contribution in [0.5, 0.6) is 0 Å². The van der Waals surface area contributed by atoms with Crippen molar-refractivity contribution in [3.05, 3.63) is 59.7 Å². The number of Topliss-reactive ketones (excluding diaryl/α,β-unsaturated/α-hetero) is 2. The van der Waals surface area contributed by atoms with Gasteiger partial charge in [-0.25, -0.2) is 0 Å². The minimum Gasteiger partial charge on any atom is -0.293 e. The normalized spacial score (nSPS) is 26.5. The fourth-order valence-corrected chi connectivity index (χ4v) is 2.38. The monoisotopic (exact) mass is 210 g/mol. The Hall–Kier alpha value is -1.96. The van der Waals surface area contributed by atoms with Crippen molar-refractivity contribution in [1.82, 2.24) is 0 Å². The lowest BCUT2D eigenvalue weighted by Crippen LogP contribution is -2.35. The lowest BCUT2D eigenvalue weighted by atomic mass is 9.72. The second-order valence-electron chi connectivity index (χ2n) is 4.10. The number of hydrogen-bond acceptors (Lipinski definition) is 2. The van der Waals surface area contributed by atoms with Crippen LogP contribution in [0.4, 0.5) is 0 Å². The third-order valence-corrected chi connectivity index (χ3v) is 3.20. The number of carbonyl (C=O) groups is 2. The van der Waals surface area contributed by atoms with Gasteiger partial charge in [0.15, 0.2) is 11.6 Å². The molecule has 0 saturated carbocycles. The number of hydrogen-bond donors (Lipinski definition) is 0. The molecule has 0 bridgehead atoms. The van der Waals surface area contributed by atoms with E-state index in [2.05, 4.69) is 0 Å². The largest absolute Gasteiger partial charge is 0.293 e. The highest BCUT2D eigenvalue weighted by molar-refractivity contribution is 6.17. The van der Waals surface area contributed by atoms with Gasteiger partial charge in [-0.1, -0.05) is 48.6 Å². The second kappa shape index (κ2) is 3.27. The molecule has 0 amide bonds. The molecule has 2 aliphatic carbocycles. The lowest BCUT2D eigenvalue weighted by molar-refractivity contribution is 0.0801. The summed E-state index contributed by atoms with van der Waals surface area (Å²) in [5.41, 5.74) is 1.13. The van der Waals surface area contributed by atoms with Crippen molar-refractivity contribution in [2.24, 2.45) is 11.8 Å². The summed E-state index contributed by atoms with van der Waals surface area (Å²) in [6.45, 7) is 0. The van der Waals surface area contributed by atoms with Gasteiger partial charge in [0.1, 0.15) is 0 Å². The van der Waals surface area contributed by atoms with Crippen LogP contribution in [0.1, 0.15) is 20.7 Å². The average molecular weight is 210 g/mol. The summed E-state index contributed by atoms with van der Waals surface area (Å²) in [6.07, 6.45) is 7.31. The first kappa shape index (κ1) is 9.28. The van der Waals surface area contributed by atoms with Gasteiger partial charge in [0, 0.05) is 11.1 Å². The molecule has 0 aliphatic heterocycles. The van der Waals surface area contributed by atoms with E-state index >= 15 is 0 Å². The first-order chi connectivity index (χ1) is 7.79. The SMILES string of the molecule is O=C1c2ccccc2C(=O)[C@@H]2C=CC=C[C@H]12.